The smallest absolute Gasteiger partial charge is 0.187 e. The third-order valence-corrected chi connectivity index (χ3v) is 4.37. The highest BCUT2D eigenvalue weighted by molar-refractivity contribution is 7.14. The van der Waals surface area contributed by atoms with Crippen LogP contribution in [0.5, 0.6) is 0 Å². The molecule has 1 N–H and O–H groups in total. The molecule has 4 rings (SSSR count). The Morgan fingerprint density at radius 2 is 1.86 bits per heavy atom. The van der Waals surface area contributed by atoms with E-state index in [-0.39, 0.29) is 5.82 Å². The number of nitrogens with zero attached hydrogens (tertiary/aromatic N) is 1. The summed E-state index contributed by atoms with van der Waals surface area (Å²) in [5, 5.41) is 6.00. The van der Waals surface area contributed by atoms with E-state index in [1.54, 1.807) is 12.1 Å². The van der Waals surface area contributed by atoms with E-state index in [1.165, 1.54) is 34.6 Å². The number of fused-ring (bicyclic) bond motifs is 1. The van der Waals surface area contributed by atoms with Crippen LogP contribution in [0.3, 0.4) is 0 Å². The van der Waals surface area contributed by atoms with Crippen molar-refractivity contribution in [3.05, 3.63) is 64.8 Å². The van der Waals surface area contributed by atoms with Gasteiger partial charge in [-0.15, -0.1) is 11.3 Å². The predicted molar refractivity (Wildman–Crippen MR) is 85.7 cm³/mol. The molecule has 0 fully saturated rings. The minimum atomic E-state index is -0.245. The van der Waals surface area contributed by atoms with Crippen LogP contribution in [-0.2, 0) is 18.0 Å². The lowest BCUT2D eigenvalue weighted by molar-refractivity contribution is 0.134. The van der Waals surface area contributed by atoms with Crippen LogP contribution in [0.15, 0.2) is 47.8 Å². The first kappa shape index (κ1) is 13.4. The molecule has 0 spiro atoms. The molecule has 1 aliphatic heterocycles. The molecule has 0 amide bonds. The minimum absolute atomic E-state index is 0.245. The fourth-order valence-corrected chi connectivity index (χ4v) is 3.19. The van der Waals surface area contributed by atoms with Gasteiger partial charge in [-0.1, -0.05) is 12.1 Å². The Morgan fingerprint density at radius 1 is 1.05 bits per heavy atom. The molecule has 0 unspecified atom stereocenters. The Hall–Kier alpha value is -2.24. The van der Waals surface area contributed by atoms with Crippen LogP contribution in [-0.4, -0.2) is 4.98 Å². The highest BCUT2D eigenvalue weighted by atomic mass is 32.1. The van der Waals surface area contributed by atoms with E-state index < -0.39 is 0 Å². The normalized spacial score (nSPS) is 13.1. The molecular weight excluding hydrogens is 299 g/mol. The second-order valence-corrected chi connectivity index (χ2v) is 6.00. The summed E-state index contributed by atoms with van der Waals surface area (Å²) in [6, 6.07) is 12.6. The van der Waals surface area contributed by atoms with Crippen molar-refractivity contribution in [2.75, 3.05) is 5.32 Å². The monoisotopic (exact) mass is 312 g/mol. The number of hydrogen-bond acceptors (Lipinski definition) is 4. The molecule has 0 saturated heterocycles. The van der Waals surface area contributed by atoms with Gasteiger partial charge in [0.05, 0.1) is 18.9 Å². The number of benzene rings is 2. The first-order valence-corrected chi connectivity index (χ1v) is 7.84. The molecule has 2 aromatic carbocycles. The van der Waals surface area contributed by atoms with E-state index >= 15 is 0 Å². The minimum Gasteiger partial charge on any atom is -0.372 e. The Kier molecular flexibility index (Phi) is 3.36. The van der Waals surface area contributed by atoms with E-state index in [1.807, 2.05) is 5.38 Å². The first-order valence-electron chi connectivity index (χ1n) is 6.96. The summed E-state index contributed by atoms with van der Waals surface area (Å²) in [6.45, 7) is 1.37. The number of halogens is 1. The maximum absolute atomic E-state index is 12.9. The summed E-state index contributed by atoms with van der Waals surface area (Å²) < 4.78 is 18.3. The fourth-order valence-electron chi connectivity index (χ4n) is 2.45. The summed E-state index contributed by atoms with van der Waals surface area (Å²) in [7, 11) is 0. The van der Waals surface area contributed by atoms with Crippen molar-refractivity contribution in [1.29, 1.82) is 0 Å². The molecule has 3 aromatic rings. The van der Waals surface area contributed by atoms with Crippen molar-refractivity contribution < 1.29 is 9.13 Å². The summed E-state index contributed by atoms with van der Waals surface area (Å²) in [5.74, 6) is -0.245. The molecule has 0 bridgehead atoms. The maximum atomic E-state index is 12.9. The molecule has 1 aliphatic rings. The molecule has 110 valence electrons. The highest BCUT2D eigenvalue weighted by Crippen LogP contribution is 2.30. The topological polar surface area (TPSA) is 34.2 Å². The fraction of sp³-hybridized carbons (Fsp3) is 0.118. The number of anilines is 2. The van der Waals surface area contributed by atoms with Gasteiger partial charge in [0, 0.05) is 16.6 Å². The van der Waals surface area contributed by atoms with E-state index in [0.717, 1.165) is 22.1 Å². The van der Waals surface area contributed by atoms with Crippen molar-refractivity contribution in [2.45, 2.75) is 13.2 Å². The van der Waals surface area contributed by atoms with Crippen LogP contribution in [0.4, 0.5) is 15.2 Å². The van der Waals surface area contributed by atoms with Gasteiger partial charge in [0.25, 0.3) is 0 Å². The molecule has 0 atom stereocenters. The molecular formula is C17H13FN2OS. The summed E-state index contributed by atoms with van der Waals surface area (Å²) in [5.41, 5.74) is 5.34. The van der Waals surface area contributed by atoms with Crippen molar-refractivity contribution in [2.24, 2.45) is 0 Å². The first-order chi connectivity index (χ1) is 10.8. The second kappa shape index (κ2) is 5.51. The summed E-state index contributed by atoms with van der Waals surface area (Å²) in [6.07, 6.45) is 0. The number of hydrogen-bond donors (Lipinski definition) is 1. The zero-order valence-corrected chi connectivity index (χ0v) is 12.5. The van der Waals surface area contributed by atoms with Gasteiger partial charge in [0.1, 0.15) is 5.82 Å². The third kappa shape index (κ3) is 2.61. The zero-order valence-electron chi connectivity index (χ0n) is 11.7. The quantitative estimate of drug-likeness (QED) is 0.759. The average Bonchev–Trinajstić information content (AvgIpc) is 3.17. The van der Waals surface area contributed by atoms with Crippen LogP contribution < -0.4 is 5.32 Å². The van der Waals surface area contributed by atoms with Crippen LogP contribution in [0.25, 0.3) is 11.3 Å². The average molecular weight is 312 g/mol. The lowest BCUT2D eigenvalue weighted by atomic mass is 10.1. The highest BCUT2D eigenvalue weighted by Gasteiger charge is 2.13. The van der Waals surface area contributed by atoms with Crippen LogP contribution in [0.2, 0.25) is 0 Å². The number of thiazole rings is 1. The van der Waals surface area contributed by atoms with Gasteiger partial charge in [-0.05, 0) is 41.5 Å². The van der Waals surface area contributed by atoms with Gasteiger partial charge in [-0.25, -0.2) is 9.37 Å². The number of rotatable bonds is 3. The van der Waals surface area contributed by atoms with Gasteiger partial charge in [0.15, 0.2) is 5.13 Å². The summed E-state index contributed by atoms with van der Waals surface area (Å²) in [4.78, 5) is 4.60. The lowest BCUT2D eigenvalue weighted by Crippen LogP contribution is -1.90. The van der Waals surface area contributed by atoms with Crippen molar-refractivity contribution in [3.8, 4) is 11.3 Å². The van der Waals surface area contributed by atoms with E-state index in [9.17, 15) is 4.39 Å². The van der Waals surface area contributed by atoms with Crippen molar-refractivity contribution >= 4 is 22.2 Å². The summed E-state index contributed by atoms with van der Waals surface area (Å²) >= 11 is 1.53. The van der Waals surface area contributed by atoms with Gasteiger partial charge in [0.2, 0.25) is 0 Å². The second-order valence-electron chi connectivity index (χ2n) is 5.15. The lowest BCUT2D eigenvalue weighted by Gasteiger charge is -2.02. The van der Waals surface area contributed by atoms with Gasteiger partial charge < -0.3 is 10.1 Å². The maximum Gasteiger partial charge on any atom is 0.187 e. The zero-order chi connectivity index (χ0) is 14.9. The number of aromatic nitrogens is 1. The number of nitrogens with one attached hydrogen (secondary N) is 1. The Morgan fingerprint density at radius 3 is 2.73 bits per heavy atom. The Labute approximate surface area is 131 Å². The molecule has 1 aromatic heterocycles. The molecule has 5 heteroatoms. The molecule has 0 saturated carbocycles. The van der Waals surface area contributed by atoms with Gasteiger partial charge in [-0.3, -0.25) is 0 Å². The van der Waals surface area contributed by atoms with Crippen LogP contribution >= 0.6 is 11.3 Å². The SMILES string of the molecule is Fc1ccc(Nc2nc(-c3ccc4c(c3)COC4)cs2)cc1. The van der Waals surface area contributed by atoms with E-state index in [0.29, 0.717) is 13.2 Å². The third-order valence-electron chi connectivity index (χ3n) is 3.62. The Bertz CT molecular complexity index is 814. The van der Waals surface area contributed by atoms with Crippen molar-refractivity contribution in [1.82, 2.24) is 4.98 Å². The predicted octanol–water partition coefficient (Wildman–Crippen LogP) is 4.72. The Balaban J connectivity index is 1.57. The molecule has 2 heterocycles. The standard InChI is InChI=1S/C17H13FN2OS/c18-14-3-5-15(6-4-14)19-17-20-16(10-22-17)11-1-2-12-8-21-9-13(12)7-11/h1-7,10H,8-9H2,(H,19,20). The van der Waals surface area contributed by atoms with Gasteiger partial charge >= 0.3 is 0 Å². The molecule has 22 heavy (non-hydrogen) atoms. The van der Waals surface area contributed by atoms with Crippen LogP contribution in [0.1, 0.15) is 11.1 Å². The number of ether oxygens (including phenoxy) is 1. The largest absolute Gasteiger partial charge is 0.372 e. The van der Waals surface area contributed by atoms with E-state index in [2.05, 4.69) is 28.5 Å². The van der Waals surface area contributed by atoms with Crippen molar-refractivity contribution in [3.63, 3.8) is 0 Å². The molecule has 0 aliphatic carbocycles. The van der Waals surface area contributed by atoms with Gasteiger partial charge in [-0.2, -0.15) is 0 Å². The molecule has 3 nitrogen and oxygen atoms in total. The van der Waals surface area contributed by atoms with E-state index in [4.69, 9.17) is 4.74 Å². The van der Waals surface area contributed by atoms with Crippen LogP contribution in [0, 0.1) is 5.82 Å². The molecule has 0 radical (unpaired) electrons.